The van der Waals surface area contributed by atoms with Gasteiger partial charge in [-0.15, -0.1) is 0 Å². The van der Waals surface area contributed by atoms with Crippen LogP contribution < -0.4 is 10.9 Å². The van der Waals surface area contributed by atoms with E-state index in [1.807, 2.05) is 25.9 Å². The minimum absolute atomic E-state index is 0.0468. The van der Waals surface area contributed by atoms with E-state index in [1.165, 1.54) is 0 Å². The molecule has 0 saturated carbocycles. The maximum atomic E-state index is 11.7. The van der Waals surface area contributed by atoms with E-state index in [1.54, 1.807) is 0 Å². The second-order valence-electron chi connectivity index (χ2n) is 4.13. The predicted octanol–water partition coefficient (Wildman–Crippen LogP) is 0.603. The molecule has 0 spiro atoms. The topological polar surface area (TPSA) is 44.4 Å². The summed E-state index contributed by atoms with van der Waals surface area (Å²) in [6.45, 7) is 6.94. The van der Waals surface area contributed by atoms with Gasteiger partial charge in [-0.05, 0) is 26.4 Å². The van der Waals surface area contributed by atoms with Gasteiger partial charge < -0.3 is 0 Å². The second-order valence-corrected chi connectivity index (χ2v) is 4.13. The molecule has 2 N–H and O–H groups in total. The van der Waals surface area contributed by atoms with Crippen LogP contribution in [0.25, 0.3) is 0 Å². The van der Waals surface area contributed by atoms with Crippen molar-refractivity contribution in [3.63, 3.8) is 0 Å². The molecule has 1 unspecified atom stereocenters. The van der Waals surface area contributed by atoms with E-state index in [2.05, 4.69) is 24.7 Å². The largest absolute Gasteiger partial charge is 0.298 e. The van der Waals surface area contributed by atoms with Crippen molar-refractivity contribution in [2.24, 2.45) is 5.92 Å². The molecule has 4 nitrogen and oxygen atoms in total. The van der Waals surface area contributed by atoms with Crippen LogP contribution in [0.3, 0.4) is 0 Å². The third kappa shape index (κ3) is 5.19. The molecular weight excluding hydrogens is 178 g/mol. The number of hydrazine groups is 1. The van der Waals surface area contributed by atoms with E-state index < -0.39 is 0 Å². The van der Waals surface area contributed by atoms with Crippen LogP contribution in [0.5, 0.6) is 0 Å². The number of nitrogens with one attached hydrogen (secondary N) is 2. The lowest BCUT2D eigenvalue weighted by atomic mass is 10.0. The Kier molecular flexibility index (Phi) is 6.49. The SMILES string of the molecule is CCNNC(=O)C(CC(C)C)N(C)C. The first kappa shape index (κ1) is 13.4. The Hall–Kier alpha value is -0.610. The standard InChI is InChI=1S/C10H23N3O/c1-6-11-12-10(14)9(13(4)5)7-8(2)3/h8-9,11H,6-7H2,1-5H3,(H,12,14). The van der Waals surface area contributed by atoms with Gasteiger partial charge >= 0.3 is 0 Å². The highest BCUT2D eigenvalue weighted by atomic mass is 16.2. The lowest BCUT2D eigenvalue weighted by Crippen LogP contribution is -2.49. The molecule has 0 radical (unpaired) electrons. The van der Waals surface area contributed by atoms with Crippen LogP contribution in [-0.4, -0.2) is 37.5 Å². The highest BCUT2D eigenvalue weighted by molar-refractivity contribution is 5.81. The molecule has 0 saturated heterocycles. The van der Waals surface area contributed by atoms with Crippen LogP contribution in [0.2, 0.25) is 0 Å². The summed E-state index contributed by atoms with van der Waals surface area (Å²) in [7, 11) is 3.86. The van der Waals surface area contributed by atoms with Crippen LogP contribution >= 0.6 is 0 Å². The van der Waals surface area contributed by atoms with E-state index >= 15 is 0 Å². The Labute approximate surface area is 87.0 Å². The summed E-state index contributed by atoms with van der Waals surface area (Å²) in [5, 5.41) is 0. The van der Waals surface area contributed by atoms with Crippen molar-refractivity contribution in [1.82, 2.24) is 15.8 Å². The smallest absolute Gasteiger partial charge is 0.251 e. The normalized spacial score (nSPS) is 13.4. The summed E-state index contributed by atoms with van der Waals surface area (Å²) < 4.78 is 0. The molecule has 0 rings (SSSR count). The summed E-state index contributed by atoms with van der Waals surface area (Å²) >= 11 is 0. The number of rotatable bonds is 6. The Bertz CT molecular complexity index is 169. The molecule has 0 heterocycles. The third-order valence-electron chi connectivity index (χ3n) is 2.01. The van der Waals surface area contributed by atoms with Crippen molar-refractivity contribution in [2.45, 2.75) is 33.2 Å². The van der Waals surface area contributed by atoms with E-state index in [9.17, 15) is 4.79 Å². The average molecular weight is 201 g/mol. The number of hydrogen-bond donors (Lipinski definition) is 2. The van der Waals surface area contributed by atoms with Gasteiger partial charge in [0.15, 0.2) is 0 Å². The van der Waals surface area contributed by atoms with Crippen molar-refractivity contribution in [1.29, 1.82) is 0 Å². The molecule has 0 aromatic rings. The highest BCUT2D eigenvalue weighted by Crippen LogP contribution is 2.08. The quantitative estimate of drug-likeness (QED) is 0.619. The van der Waals surface area contributed by atoms with Gasteiger partial charge in [-0.3, -0.25) is 15.1 Å². The Morgan fingerprint density at radius 2 is 1.93 bits per heavy atom. The third-order valence-corrected chi connectivity index (χ3v) is 2.01. The summed E-state index contributed by atoms with van der Waals surface area (Å²) in [6.07, 6.45) is 0.879. The van der Waals surface area contributed by atoms with Gasteiger partial charge in [0, 0.05) is 6.54 Å². The zero-order valence-corrected chi connectivity index (χ0v) is 9.92. The van der Waals surface area contributed by atoms with E-state index in [0.717, 1.165) is 13.0 Å². The minimum Gasteiger partial charge on any atom is -0.298 e. The fraction of sp³-hybridized carbons (Fsp3) is 0.900. The molecule has 0 aliphatic rings. The highest BCUT2D eigenvalue weighted by Gasteiger charge is 2.21. The van der Waals surface area contributed by atoms with Crippen molar-refractivity contribution in [2.75, 3.05) is 20.6 Å². The molecule has 0 aliphatic heterocycles. The molecule has 1 atom stereocenters. The maximum absolute atomic E-state index is 11.7. The zero-order valence-electron chi connectivity index (χ0n) is 9.92. The molecule has 1 amide bonds. The zero-order chi connectivity index (χ0) is 11.1. The van der Waals surface area contributed by atoms with Gasteiger partial charge in [-0.25, -0.2) is 5.43 Å². The van der Waals surface area contributed by atoms with Crippen LogP contribution in [0.15, 0.2) is 0 Å². The Morgan fingerprint density at radius 1 is 1.36 bits per heavy atom. The number of carbonyl (C=O) groups is 1. The fourth-order valence-corrected chi connectivity index (χ4v) is 1.26. The molecule has 0 aromatic carbocycles. The first-order valence-corrected chi connectivity index (χ1v) is 5.18. The van der Waals surface area contributed by atoms with Crippen molar-refractivity contribution < 1.29 is 4.79 Å². The number of likely N-dealkylation sites (N-methyl/N-ethyl adjacent to an activating group) is 1. The first-order chi connectivity index (χ1) is 6.49. The van der Waals surface area contributed by atoms with Crippen LogP contribution in [0.4, 0.5) is 0 Å². The summed E-state index contributed by atoms with van der Waals surface area (Å²) in [5.41, 5.74) is 5.52. The molecule has 14 heavy (non-hydrogen) atoms. The predicted molar refractivity (Wildman–Crippen MR) is 58.7 cm³/mol. The summed E-state index contributed by atoms with van der Waals surface area (Å²) in [6, 6.07) is -0.0472. The van der Waals surface area contributed by atoms with Gasteiger partial charge in [-0.2, -0.15) is 0 Å². The molecule has 0 aromatic heterocycles. The average Bonchev–Trinajstić information content (AvgIpc) is 2.09. The lowest BCUT2D eigenvalue weighted by Gasteiger charge is -2.24. The van der Waals surface area contributed by atoms with Gasteiger partial charge in [0.1, 0.15) is 0 Å². The monoisotopic (exact) mass is 201 g/mol. The lowest BCUT2D eigenvalue weighted by molar-refractivity contribution is -0.127. The molecule has 84 valence electrons. The molecular formula is C10H23N3O. The van der Waals surface area contributed by atoms with E-state index in [0.29, 0.717) is 5.92 Å². The summed E-state index contributed by atoms with van der Waals surface area (Å²) in [4.78, 5) is 13.6. The van der Waals surface area contributed by atoms with Crippen molar-refractivity contribution in [3.8, 4) is 0 Å². The number of hydrogen-bond acceptors (Lipinski definition) is 3. The number of carbonyl (C=O) groups excluding carboxylic acids is 1. The first-order valence-electron chi connectivity index (χ1n) is 5.18. The van der Waals surface area contributed by atoms with Gasteiger partial charge in [0.05, 0.1) is 6.04 Å². The molecule has 4 heteroatoms. The van der Waals surface area contributed by atoms with Gasteiger partial charge in [0.25, 0.3) is 5.91 Å². The molecule has 0 aliphatic carbocycles. The van der Waals surface area contributed by atoms with Gasteiger partial charge in [0.2, 0.25) is 0 Å². The van der Waals surface area contributed by atoms with E-state index in [-0.39, 0.29) is 11.9 Å². The fourth-order valence-electron chi connectivity index (χ4n) is 1.26. The van der Waals surface area contributed by atoms with Crippen molar-refractivity contribution >= 4 is 5.91 Å². The second kappa shape index (κ2) is 6.79. The Morgan fingerprint density at radius 3 is 2.29 bits per heavy atom. The minimum atomic E-state index is -0.0472. The number of amides is 1. The van der Waals surface area contributed by atoms with Crippen molar-refractivity contribution in [3.05, 3.63) is 0 Å². The molecule has 0 bridgehead atoms. The maximum Gasteiger partial charge on any atom is 0.251 e. The Balaban J connectivity index is 4.12. The summed E-state index contributed by atoms with van der Waals surface area (Å²) in [5.74, 6) is 0.570. The van der Waals surface area contributed by atoms with Crippen LogP contribution in [-0.2, 0) is 4.79 Å². The van der Waals surface area contributed by atoms with Gasteiger partial charge in [-0.1, -0.05) is 20.8 Å². The van der Waals surface area contributed by atoms with E-state index in [4.69, 9.17) is 0 Å². The van der Waals surface area contributed by atoms with Crippen LogP contribution in [0, 0.1) is 5.92 Å². The number of nitrogens with zero attached hydrogens (tertiary/aromatic N) is 1. The van der Waals surface area contributed by atoms with Crippen LogP contribution in [0.1, 0.15) is 27.2 Å². The molecule has 0 fully saturated rings.